The third kappa shape index (κ3) is 2.12. The number of carbonyl (C=O) groups is 1. The molecule has 0 aliphatic carbocycles. The molecule has 1 aromatic carbocycles. The molecule has 0 bridgehead atoms. The van der Waals surface area contributed by atoms with Gasteiger partial charge in [-0.05, 0) is 41.6 Å². The van der Waals surface area contributed by atoms with Crippen LogP contribution in [0.2, 0.25) is 10.0 Å². The van der Waals surface area contributed by atoms with Crippen molar-refractivity contribution >= 4 is 51.6 Å². The normalized spacial score (nSPS) is 10.0. The molecular weight excluding hydrogens is 310 g/mol. The first-order valence-electron chi connectivity index (χ1n) is 3.18. The molecule has 4 heteroatoms. The molecule has 0 aromatic heterocycles. The summed E-state index contributed by atoms with van der Waals surface area (Å²) in [5.41, 5.74) is 0.616. The highest BCUT2D eigenvalue weighted by atomic mass is 127. The van der Waals surface area contributed by atoms with Crippen molar-refractivity contribution in [1.82, 2.24) is 0 Å². The number of ketones is 1. The number of carbonyl (C=O) groups excluding carboxylic acids is 1. The first-order valence-corrected chi connectivity index (χ1v) is 5.01. The lowest BCUT2D eigenvalue weighted by molar-refractivity contribution is 0.101. The molecule has 64 valence electrons. The largest absolute Gasteiger partial charge is 0.294 e. The quantitative estimate of drug-likeness (QED) is 0.438. The Kier molecular flexibility index (Phi) is 3.37. The molecule has 0 saturated heterocycles. The summed E-state index contributed by atoms with van der Waals surface area (Å²) in [7, 11) is 0. The summed E-state index contributed by atoms with van der Waals surface area (Å²) in [5.74, 6) is -0.00188. The van der Waals surface area contributed by atoms with Gasteiger partial charge in [-0.15, -0.1) is 0 Å². The van der Waals surface area contributed by atoms with E-state index < -0.39 is 0 Å². The van der Waals surface area contributed by atoms with E-state index in [9.17, 15) is 4.79 Å². The van der Waals surface area contributed by atoms with E-state index in [2.05, 4.69) is 22.6 Å². The fourth-order valence-corrected chi connectivity index (χ4v) is 2.15. The SMILES string of the molecule is CC(=O)c1cc(Cl)c(Cl)cc1I. The van der Waals surface area contributed by atoms with Crippen LogP contribution in [-0.2, 0) is 0 Å². The van der Waals surface area contributed by atoms with Gasteiger partial charge in [-0.1, -0.05) is 23.2 Å². The zero-order valence-electron chi connectivity index (χ0n) is 6.20. The van der Waals surface area contributed by atoms with Crippen LogP contribution >= 0.6 is 45.8 Å². The molecule has 0 fully saturated rings. The summed E-state index contributed by atoms with van der Waals surface area (Å²) in [6.45, 7) is 1.50. The molecule has 0 spiro atoms. The summed E-state index contributed by atoms with van der Waals surface area (Å²) in [5, 5.41) is 0.897. The van der Waals surface area contributed by atoms with Crippen molar-refractivity contribution in [3.8, 4) is 0 Å². The maximum absolute atomic E-state index is 11.0. The molecule has 1 aromatic rings. The average molecular weight is 315 g/mol. The summed E-state index contributed by atoms with van der Waals surface area (Å²) in [6.07, 6.45) is 0. The van der Waals surface area contributed by atoms with Crippen LogP contribution in [0, 0.1) is 3.57 Å². The van der Waals surface area contributed by atoms with Gasteiger partial charge in [0, 0.05) is 9.13 Å². The van der Waals surface area contributed by atoms with Crippen molar-refractivity contribution in [2.24, 2.45) is 0 Å². The van der Waals surface area contributed by atoms with Crippen LogP contribution in [0.1, 0.15) is 17.3 Å². The molecule has 0 saturated carbocycles. The predicted octanol–water partition coefficient (Wildman–Crippen LogP) is 3.80. The highest BCUT2D eigenvalue weighted by molar-refractivity contribution is 14.1. The van der Waals surface area contributed by atoms with Crippen LogP contribution < -0.4 is 0 Å². The second-order valence-corrected chi connectivity index (χ2v) is 4.28. The fraction of sp³-hybridized carbons (Fsp3) is 0.125. The van der Waals surface area contributed by atoms with Gasteiger partial charge in [-0.2, -0.15) is 0 Å². The average Bonchev–Trinajstić information content (AvgIpc) is 1.96. The number of hydrogen-bond acceptors (Lipinski definition) is 1. The van der Waals surface area contributed by atoms with Crippen molar-refractivity contribution in [2.75, 3.05) is 0 Å². The van der Waals surface area contributed by atoms with Crippen LogP contribution in [0.3, 0.4) is 0 Å². The molecule has 0 N–H and O–H groups in total. The van der Waals surface area contributed by atoms with Crippen molar-refractivity contribution in [2.45, 2.75) is 6.92 Å². The number of benzene rings is 1. The van der Waals surface area contributed by atoms with E-state index in [0.29, 0.717) is 15.6 Å². The molecule has 1 nitrogen and oxygen atoms in total. The molecule has 0 unspecified atom stereocenters. The molecule has 0 radical (unpaired) electrons. The predicted molar refractivity (Wildman–Crippen MR) is 59.2 cm³/mol. The van der Waals surface area contributed by atoms with Crippen molar-refractivity contribution in [3.63, 3.8) is 0 Å². The van der Waals surface area contributed by atoms with Gasteiger partial charge >= 0.3 is 0 Å². The van der Waals surface area contributed by atoms with Crippen LogP contribution in [0.5, 0.6) is 0 Å². The Labute approximate surface area is 94.2 Å². The number of halogens is 3. The molecular formula is C8H5Cl2IO. The first kappa shape index (κ1) is 10.3. The van der Waals surface area contributed by atoms with Crippen molar-refractivity contribution < 1.29 is 4.79 Å². The lowest BCUT2D eigenvalue weighted by atomic mass is 10.1. The van der Waals surface area contributed by atoms with Crippen LogP contribution in [0.4, 0.5) is 0 Å². The van der Waals surface area contributed by atoms with Crippen LogP contribution in [-0.4, -0.2) is 5.78 Å². The van der Waals surface area contributed by atoms with Gasteiger partial charge in [0.1, 0.15) is 0 Å². The van der Waals surface area contributed by atoms with Gasteiger partial charge in [0.15, 0.2) is 5.78 Å². The van der Waals surface area contributed by atoms with E-state index in [1.54, 1.807) is 12.1 Å². The standard InChI is InChI=1S/C8H5Cl2IO/c1-4(12)5-2-6(9)7(10)3-8(5)11/h2-3H,1H3. The lowest BCUT2D eigenvalue weighted by Gasteiger charge is -2.02. The zero-order valence-corrected chi connectivity index (χ0v) is 9.87. The van der Waals surface area contributed by atoms with Gasteiger partial charge in [-0.3, -0.25) is 4.79 Å². The van der Waals surface area contributed by atoms with E-state index in [1.165, 1.54) is 6.92 Å². The highest BCUT2D eigenvalue weighted by Gasteiger charge is 2.08. The third-order valence-electron chi connectivity index (χ3n) is 1.39. The van der Waals surface area contributed by atoms with Gasteiger partial charge in [0.25, 0.3) is 0 Å². The Morgan fingerprint density at radius 2 is 1.83 bits per heavy atom. The van der Waals surface area contributed by atoms with Crippen molar-refractivity contribution in [3.05, 3.63) is 31.3 Å². The fourth-order valence-electron chi connectivity index (χ4n) is 0.792. The number of rotatable bonds is 1. The Bertz CT molecular complexity index is 336. The minimum Gasteiger partial charge on any atom is -0.294 e. The number of hydrogen-bond donors (Lipinski definition) is 0. The minimum absolute atomic E-state index is 0.00188. The van der Waals surface area contributed by atoms with Gasteiger partial charge in [0.05, 0.1) is 10.0 Å². The van der Waals surface area contributed by atoms with Gasteiger partial charge < -0.3 is 0 Å². The second kappa shape index (κ2) is 3.94. The van der Waals surface area contributed by atoms with Crippen LogP contribution in [0.25, 0.3) is 0 Å². The topological polar surface area (TPSA) is 17.1 Å². The molecule has 0 aliphatic rings. The molecule has 0 heterocycles. The molecule has 12 heavy (non-hydrogen) atoms. The highest BCUT2D eigenvalue weighted by Crippen LogP contribution is 2.26. The van der Waals surface area contributed by atoms with Gasteiger partial charge in [-0.25, -0.2) is 0 Å². The Morgan fingerprint density at radius 1 is 1.33 bits per heavy atom. The van der Waals surface area contributed by atoms with E-state index >= 15 is 0 Å². The minimum atomic E-state index is -0.00188. The van der Waals surface area contributed by atoms with E-state index in [-0.39, 0.29) is 5.78 Å². The van der Waals surface area contributed by atoms with Crippen LogP contribution in [0.15, 0.2) is 12.1 Å². The molecule has 0 atom stereocenters. The second-order valence-electron chi connectivity index (χ2n) is 2.30. The summed E-state index contributed by atoms with van der Waals surface area (Å²) < 4.78 is 0.828. The number of Topliss-reactive ketones (excluding diaryl/α,β-unsaturated/α-hetero) is 1. The first-order chi connectivity index (χ1) is 5.52. The summed E-state index contributed by atoms with van der Waals surface area (Å²) >= 11 is 13.5. The molecule has 0 amide bonds. The smallest absolute Gasteiger partial charge is 0.160 e. The molecule has 1 rings (SSSR count). The monoisotopic (exact) mass is 314 g/mol. The van der Waals surface area contributed by atoms with E-state index in [1.807, 2.05) is 0 Å². The van der Waals surface area contributed by atoms with E-state index in [4.69, 9.17) is 23.2 Å². The summed E-state index contributed by atoms with van der Waals surface area (Å²) in [4.78, 5) is 11.0. The van der Waals surface area contributed by atoms with E-state index in [0.717, 1.165) is 3.57 Å². The lowest BCUT2D eigenvalue weighted by Crippen LogP contribution is -1.95. The molecule has 0 aliphatic heterocycles. The maximum Gasteiger partial charge on any atom is 0.160 e. The van der Waals surface area contributed by atoms with Crippen molar-refractivity contribution in [1.29, 1.82) is 0 Å². The maximum atomic E-state index is 11.0. The zero-order chi connectivity index (χ0) is 9.30. The Morgan fingerprint density at radius 3 is 2.33 bits per heavy atom. The Balaban J connectivity index is 3.33. The van der Waals surface area contributed by atoms with Gasteiger partial charge in [0.2, 0.25) is 0 Å². The third-order valence-corrected chi connectivity index (χ3v) is 3.00. The Hall–Kier alpha value is 0.200. The summed E-state index contributed by atoms with van der Waals surface area (Å²) in [6, 6.07) is 3.27.